The van der Waals surface area contributed by atoms with Crippen molar-refractivity contribution in [1.82, 2.24) is 20.2 Å². The molecule has 0 bridgehead atoms. The number of aryl methyl sites for hydroxylation is 1. The largest absolute Gasteiger partial charge is 0.361 e. The first kappa shape index (κ1) is 13.5. The Kier molecular flexibility index (Phi) is 4.51. The lowest BCUT2D eigenvalue weighted by Gasteiger charge is -2.27. The summed E-state index contributed by atoms with van der Waals surface area (Å²) in [4.78, 5) is 32.0. The van der Waals surface area contributed by atoms with Gasteiger partial charge in [0.25, 0.3) is 5.56 Å². The fourth-order valence-electron chi connectivity index (χ4n) is 1.96. The molecule has 0 aromatic carbocycles. The van der Waals surface area contributed by atoms with E-state index >= 15 is 0 Å². The van der Waals surface area contributed by atoms with Crippen LogP contribution >= 0.6 is 0 Å². The number of anilines is 1. The Morgan fingerprint density at radius 3 is 2.89 bits per heavy atom. The number of carbonyl (C=O) groups is 1. The Morgan fingerprint density at radius 1 is 1.47 bits per heavy atom. The van der Waals surface area contributed by atoms with Crippen LogP contribution in [0.15, 0.2) is 10.9 Å². The average molecular weight is 265 g/mol. The van der Waals surface area contributed by atoms with E-state index in [4.69, 9.17) is 0 Å². The van der Waals surface area contributed by atoms with Crippen molar-refractivity contribution in [3.05, 3.63) is 22.2 Å². The second-order valence-corrected chi connectivity index (χ2v) is 4.42. The maximum atomic E-state index is 11.9. The lowest BCUT2D eigenvalue weighted by atomic mass is 10.3. The Balaban J connectivity index is 1.92. The number of hydrogen-bond acceptors (Lipinski definition) is 5. The third-order valence-corrected chi connectivity index (χ3v) is 3.02. The van der Waals surface area contributed by atoms with Crippen molar-refractivity contribution in [3.63, 3.8) is 0 Å². The van der Waals surface area contributed by atoms with Crippen molar-refractivity contribution < 1.29 is 4.79 Å². The van der Waals surface area contributed by atoms with Crippen LogP contribution < -0.4 is 16.2 Å². The molecule has 1 aromatic heterocycles. The maximum Gasteiger partial charge on any atom is 0.252 e. The normalized spacial score (nSPS) is 15.3. The number of piperazine rings is 1. The Hall–Kier alpha value is -1.89. The van der Waals surface area contributed by atoms with Crippen LogP contribution in [-0.2, 0) is 11.2 Å². The van der Waals surface area contributed by atoms with E-state index in [1.54, 1.807) is 4.90 Å². The van der Waals surface area contributed by atoms with Gasteiger partial charge in [-0.05, 0) is 0 Å². The summed E-state index contributed by atoms with van der Waals surface area (Å²) in [5, 5.41) is 6.11. The van der Waals surface area contributed by atoms with Gasteiger partial charge in [-0.15, -0.1) is 0 Å². The predicted molar refractivity (Wildman–Crippen MR) is 72.2 cm³/mol. The second kappa shape index (κ2) is 6.33. The third-order valence-electron chi connectivity index (χ3n) is 3.02. The average Bonchev–Trinajstić information content (AvgIpc) is 2.45. The molecule has 2 heterocycles. The van der Waals surface area contributed by atoms with Crippen molar-refractivity contribution in [2.24, 2.45) is 0 Å². The molecule has 2 rings (SSSR count). The lowest BCUT2D eigenvalue weighted by molar-refractivity contribution is -0.129. The van der Waals surface area contributed by atoms with Crippen LogP contribution in [0.3, 0.4) is 0 Å². The van der Waals surface area contributed by atoms with E-state index in [-0.39, 0.29) is 18.0 Å². The molecule has 1 amide bonds. The zero-order valence-corrected chi connectivity index (χ0v) is 11.0. The molecular weight excluding hydrogens is 246 g/mol. The molecule has 19 heavy (non-hydrogen) atoms. The summed E-state index contributed by atoms with van der Waals surface area (Å²) in [6.07, 6.45) is 0.649. The Morgan fingerprint density at radius 2 is 2.21 bits per heavy atom. The fraction of sp³-hybridized carbons (Fsp3) is 0.583. The fourth-order valence-corrected chi connectivity index (χ4v) is 1.96. The summed E-state index contributed by atoms with van der Waals surface area (Å²) in [5.74, 6) is 1.09. The second-order valence-electron chi connectivity index (χ2n) is 4.42. The van der Waals surface area contributed by atoms with Gasteiger partial charge in [-0.1, -0.05) is 6.92 Å². The molecule has 0 spiro atoms. The smallest absolute Gasteiger partial charge is 0.252 e. The minimum atomic E-state index is -0.205. The quantitative estimate of drug-likeness (QED) is 0.661. The van der Waals surface area contributed by atoms with E-state index in [1.165, 1.54) is 6.07 Å². The van der Waals surface area contributed by atoms with E-state index in [0.29, 0.717) is 18.1 Å². The van der Waals surface area contributed by atoms with Gasteiger partial charge in [-0.2, -0.15) is 0 Å². The summed E-state index contributed by atoms with van der Waals surface area (Å²) in [5.41, 5.74) is -0.205. The highest BCUT2D eigenvalue weighted by atomic mass is 16.2. The molecule has 0 radical (unpaired) electrons. The molecule has 1 fully saturated rings. The van der Waals surface area contributed by atoms with Gasteiger partial charge in [-0.25, -0.2) is 4.98 Å². The SMILES string of the molecule is CCc1nc(NCC(=O)N2CCNCC2)cc(=O)[nH]1. The maximum absolute atomic E-state index is 11.9. The van der Waals surface area contributed by atoms with E-state index in [0.717, 1.165) is 26.2 Å². The first-order valence-corrected chi connectivity index (χ1v) is 6.51. The molecule has 104 valence electrons. The molecular formula is C12H19N5O2. The zero-order valence-electron chi connectivity index (χ0n) is 11.0. The van der Waals surface area contributed by atoms with Crippen molar-refractivity contribution in [1.29, 1.82) is 0 Å². The van der Waals surface area contributed by atoms with E-state index < -0.39 is 0 Å². The summed E-state index contributed by atoms with van der Waals surface area (Å²) in [6, 6.07) is 1.37. The van der Waals surface area contributed by atoms with Crippen LogP contribution in [0.25, 0.3) is 0 Å². The number of amides is 1. The van der Waals surface area contributed by atoms with Crippen molar-refractivity contribution in [2.45, 2.75) is 13.3 Å². The molecule has 7 nitrogen and oxygen atoms in total. The highest BCUT2D eigenvalue weighted by Crippen LogP contribution is 2.00. The van der Waals surface area contributed by atoms with E-state index in [9.17, 15) is 9.59 Å². The monoisotopic (exact) mass is 265 g/mol. The molecule has 7 heteroatoms. The highest BCUT2D eigenvalue weighted by molar-refractivity contribution is 5.80. The third kappa shape index (κ3) is 3.78. The Bertz CT molecular complexity index is 493. The van der Waals surface area contributed by atoms with E-state index in [2.05, 4.69) is 20.6 Å². The summed E-state index contributed by atoms with van der Waals surface area (Å²) in [6.45, 7) is 5.19. The number of aromatic amines is 1. The van der Waals surface area contributed by atoms with E-state index in [1.807, 2.05) is 6.92 Å². The first-order valence-electron chi connectivity index (χ1n) is 6.51. The van der Waals surface area contributed by atoms with Gasteiger partial charge in [0.2, 0.25) is 5.91 Å². The van der Waals surface area contributed by atoms with Gasteiger partial charge in [0.15, 0.2) is 0 Å². The molecule has 3 N–H and O–H groups in total. The molecule has 0 unspecified atom stereocenters. The number of H-pyrrole nitrogens is 1. The standard InChI is InChI=1S/C12H19N5O2/c1-2-9-15-10(7-11(18)16-9)14-8-12(19)17-5-3-13-4-6-17/h7,13H,2-6,8H2,1H3,(H2,14,15,16,18). The number of nitrogens with one attached hydrogen (secondary N) is 3. The molecule has 1 aromatic rings. The van der Waals surface area contributed by atoms with Gasteiger partial charge < -0.3 is 20.5 Å². The van der Waals surface area contributed by atoms with Crippen LogP contribution in [0.5, 0.6) is 0 Å². The highest BCUT2D eigenvalue weighted by Gasteiger charge is 2.15. The molecule has 0 atom stereocenters. The molecule has 1 aliphatic rings. The number of nitrogens with zero attached hydrogens (tertiary/aromatic N) is 2. The minimum Gasteiger partial charge on any atom is -0.361 e. The number of carbonyl (C=O) groups excluding carboxylic acids is 1. The van der Waals surface area contributed by atoms with Gasteiger partial charge in [0.05, 0.1) is 6.54 Å². The van der Waals surface area contributed by atoms with Crippen LogP contribution in [-0.4, -0.2) is 53.5 Å². The van der Waals surface area contributed by atoms with Crippen molar-refractivity contribution >= 4 is 11.7 Å². The topological polar surface area (TPSA) is 90.1 Å². The molecule has 1 aliphatic heterocycles. The summed E-state index contributed by atoms with van der Waals surface area (Å²) in [7, 11) is 0. The molecule has 0 aliphatic carbocycles. The van der Waals surface area contributed by atoms with Gasteiger partial charge in [-0.3, -0.25) is 9.59 Å². The number of rotatable bonds is 4. The summed E-state index contributed by atoms with van der Waals surface area (Å²) < 4.78 is 0. The zero-order chi connectivity index (χ0) is 13.7. The minimum absolute atomic E-state index is 0.0293. The van der Waals surface area contributed by atoms with Crippen LogP contribution in [0.4, 0.5) is 5.82 Å². The van der Waals surface area contributed by atoms with Crippen molar-refractivity contribution in [3.8, 4) is 0 Å². The van der Waals surface area contributed by atoms with Gasteiger partial charge in [0, 0.05) is 38.7 Å². The number of hydrogen-bond donors (Lipinski definition) is 3. The number of aromatic nitrogens is 2. The van der Waals surface area contributed by atoms with Crippen LogP contribution in [0.1, 0.15) is 12.7 Å². The van der Waals surface area contributed by atoms with Gasteiger partial charge >= 0.3 is 0 Å². The first-order chi connectivity index (χ1) is 9.19. The Labute approximate surface area is 111 Å². The molecule has 1 saturated heterocycles. The van der Waals surface area contributed by atoms with Crippen molar-refractivity contribution in [2.75, 3.05) is 38.0 Å². The summed E-state index contributed by atoms with van der Waals surface area (Å²) >= 11 is 0. The van der Waals surface area contributed by atoms with Crippen LogP contribution in [0, 0.1) is 0 Å². The lowest BCUT2D eigenvalue weighted by Crippen LogP contribution is -2.48. The van der Waals surface area contributed by atoms with Gasteiger partial charge in [0.1, 0.15) is 11.6 Å². The van der Waals surface area contributed by atoms with Crippen LogP contribution in [0.2, 0.25) is 0 Å². The predicted octanol–water partition coefficient (Wildman–Crippen LogP) is -0.824. The molecule has 0 saturated carbocycles.